The molecule has 0 aromatic rings. The van der Waals surface area contributed by atoms with Crippen LogP contribution in [0.1, 0.15) is 39.5 Å². The molecule has 0 fully saturated rings. The predicted octanol–water partition coefficient (Wildman–Crippen LogP) is -0.779. The number of carbonyl (C=O) groups is 3. The summed E-state index contributed by atoms with van der Waals surface area (Å²) in [5.74, 6) is -1.72. The van der Waals surface area contributed by atoms with Crippen LogP contribution < -0.4 is 27.8 Å². The summed E-state index contributed by atoms with van der Waals surface area (Å²) < 4.78 is 0. The first kappa shape index (κ1) is 26.0. The molecule has 0 aromatic carbocycles. The normalized spacial score (nSPS) is 15.0. The third-order valence-electron chi connectivity index (χ3n) is 4.32. The summed E-state index contributed by atoms with van der Waals surface area (Å²) in [7, 11) is 0. The van der Waals surface area contributed by atoms with Crippen molar-refractivity contribution in [2.75, 3.05) is 18.6 Å². The SMILES string of the molecule is CCC(C)C(NC(=O)C(N)CCCN=C(N)N)C(=O)NC(CCSC)C(=O)O. The first-order valence-corrected chi connectivity index (χ1v) is 10.7. The van der Waals surface area contributed by atoms with Crippen molar-refractivity contribution in [1.29, 1.82) is 0 Å². The van der Waals surface area contributed by atoms with Crippen LogP contribution in [0.4, 0.5) is 0 Å². The van der Waals surface area contributed by atoms with Crippen molar-refractivity contribution in [2.45, 2.75) is 57.7 Å². The number of guanidine groups is 1. The van der Waals surface area contributed by atoms with E-state index in [0.717, 1.165) is 0 Å². The summed E-state index contributed by atoms with van der Waals surface area (Å²) in [6, 6.07) is -2.69. The van der Waals surface area contributed by atoms with E-state index in [9.17, 15) is 19.5 Å². The number of carboxylic acids is 1. The maximum atomic E-state index is 12.6. The molecule has 4 atom stereocenters. The molecule has 0 rings (SSSR count). The second-order valence-electron chi connectivity index (χ2n) is 6.61. The molecule has 9 N–H and O–H groups in total. The number of hydrogen-bond donors (Lipinski definition) is 6. The van der Waals surface area contributed by atoms with Gasteiger partial charge in [-0.05, 0) is 37.2 Å². The zero-order valence-corrected chi connectivity index (χ0v) is 17.6. The first-order chi connectivity index (χ1) is 13.1. The molecule has 0 spiro atoms. The average Bonchev–Trinajstić information content (AvgIpc) is 2.64. The quantitative estimate of drug-likeness (QED) is 0.120. The number of carboxylic acid groups (broad SMARTS) is 1. The van der Waals surface area contributed by atoms with Crippen molar-refractivity contribution in [3.05, 3.63) is 0 Å². The van der Waals surface area contributed by atoms with Gasteiger partial charge in [-0.15, -0.1) is 0 Å². The second-order valence-corrected chi connectivity index (χ2v) is 7.59. The predicted molar refractivity (Wildman–Crippen MR) is 112 cm³/mol. The van der Waals surface area contributed by atoms with Crippen LogP contribution in [0.15, 0.2) is 4.99 Å². The van der Waals surface area contributed by atoms with E-state index in [1.54, 1.807) is 0 Å². The highest BCUT2D eigenvalue weighted by Gasteiger charge is 2.30. The Kier molecular flexibility index (Phi) is 13.0. The molecule has 0 radical (unpaired) electrons. The van der Waals surface area contributed by atoms with Gasteiger partial charge in [-0.1, -0.05) is 20.3 Å². The van der Waals surface area contributed by atoms with Crippen molar-refractivity contribution >= 4 is 35.5 Å². The molecule has 0 aromatic heterocycles. The van der Waals surface area contributed by atoms with Gasteiger partial charge in [0, 0.05) is 6.54 Å². The minimum atomic E-state index is -1.10. The highest BCUT2D eigenvalue weighted by molar-refractivity contribution is 7.98. The third kappa shape index (κ3) is 10.4. The van der Waals surface area contributed by atoms with E-state index in [1.165, 1.54) is 11.8 Å². The number of hydrogen-bond acceptors (Lipinski definition) is 6. The monoisotopic (exact) mass is 418 g/mol. The molecule has 0 aliphatic heterocycles. The number of nitrogens with two attached hydrogens (primary N) is 3. The molecular formula is C17H34N6O4S. The lowest BCUT2D eigenvalue weighted by Crippen LogP contribution is -2.56. The summed E-state index contributed by atoms with van der Waals surface area (Å²) in [5.41, 5.74) is 16.4. The van der Waals surface area contributed by atoms with Gasteiger partial charge in [-0.25, -0.2) is 4.79 Å². The fourth-order valence-electron chi connectivity index (χ4n) is 2.37. The number of carbonyl (C=O) groups excluding carboxylic acids is 2. The van der Waals surface area contributed by atoms with Gasteiger partial charge in [-0.2, -0.15) is 11.8 Å². The van der Waals surface area contributed by atoms with Gasteiger partial charge >= 0.3 is 5.97 Å². The molecule has 11 heteroatoms. The van der Waals surface area contributed by atoms with Crippen LogP contribution in [0.5, 0.6) is 0 Å². The van der Waals surface area contributed by atoms with E-state index < -0.39 is 35.9 Å². The van der Waals surface area contributed by atoms with Crippen LogP contribution in [0.2, 0.25) is 0 Å². The molecule has 162 valence electrons. The third-order valence-corrected chi connectivity index (χ3v) is 4.97. The average molecular weight is 419 g/mol. The minimum Gasteiger partial charge on any atom is -0.480 e. The highest BCUT2D eigenvalue weighted by Crippen LogP contribution is 2.10. The maximum absolute atomic E-state index is 12.6. The smallest absolute Gasteiger partial charge is 0.326 e. The Balaban J connectivity index is 4.91. The first-order valence-electron chi connectivity index (χ1n) is 9.27. The van der Waals surface area contributed by atoms with E-state index in [4.69, 9.17) is 17.2 Å². The Morgan fingerprint density at radius 2 is 1.79 bits per heavy atom. The second kappa shape index (κ2) is 14.1. The Hall–Kier alpha value is -2.01. The molecule has 0 saturated carbocycles. The van der Waals surface area contributed by atoms with Gasteiger partial charge in [-0.3, -0.25) is 14.6 Å². The van der Waals surface area contributed by atoms with Crippen molar-refractivity contribution < 1.29 is 19.5 Å². The molecule has 4 unspecified atom stereocenters. The molecule has 0 aliphatic rings. The Labute approximate surface area is 170 Å². The number of nitrogens with zero attached hydrogens (tertiary/aromatic N) is 1. The van der Waals surface area contributed by atoms with Gasteiger partial charge in [0.25, 0.3) is 0 Å². The van der Waals surface area contributed by atoms with Crippen LogP contribution in [0.25, 0.3) is 0 Å². The Morgan fingerprint density at radius 3 is 2.29 bits per heavy atom. The topological polar surface area (TPSA) is 186 Å². The van der Waals surface area contributed by atoms with Gasteiger partial charge in [0.15, 0.2) is 5.96 Å². The van der Waals surface area contributed by atoms with Crippen LogP contribution >= 0.6 is 11.8 Å². The summed E-state index contributed by atoms with van der Waals surface area (Å²) >= 11 is 1.49. The molecule has 28 heavy (non-hydrogen) atoms. The Bertz CT molecular complexity index is 542. The molecule has 10 nitrogen and oxygen atoms in total. The number of thioether (sulfide) groups is 1. The lowest BCUT2D eigenvalue weighted by Gasteiger charge is -2.26. The maximum Gasteiger partial charge on any atom is 0.326 e. The van der Waals surface area contributed by atoms with E-state index >= 15 is 0 Å². The number of aliphatic carboxylic acids is 1. The summed E-state index contributed by atoms with van der Waals surface area (Å²) in [6.45, 7) is 4.05. The lowest BCUT2D eigenvalue weighted by molar-refractivity contribution is -0.142. The zero-order valence-electron chi connectivity index (χ0n) is 16.8. The number of nitrogens with one attached hydrogen (secondary N) is 2. The standard InChI is InChI=1S/C17H34N6O4S/c1-4-10(2)13(15(25)22-12(16(26)27)7-9-28-3)23-14(24)11(18)6-5-8-21-17(19)20/h10-13H,4-9,18H2,1-3H3,(H,22,25)(H,23,24)(H,26,27)(H4,19,20,21). The fraction of sp³-hybridized carbons (Fsp3) is 0.765. The number of aliphatic imine (C=N–C) groups is 1. The minimum absolute atomic E-state index is 0.0269. The number of rotatable bonds is 14. The van der Waals surface area contributed by atoms with Crippen LogP contribution in [-0.4, -0.2) is 65.5 Å². The molecule has 0 heterocycles. The van der Waals surface area contributed by atoms with E-state index in [2.05, 4.69) is 15.6 Å². The molecule has 2 amide bonds. The van der Waals surface area contributed by atoms with Crippen LogP contribution in [0, 0.1) is 5.92 Å². The van der Waals surface area contributed by atoms with Gasteiger partial charge in [0.05, 0.1) is 6.04 Å². The van der Waals surface area contributed by atoms with Crippen LogP contribution in [0.3, 0.4) is 0 Å². The van der Waals surface area contributed by atoms with Crippen LogP contribution in [-0.2, 0) is 14.4 Å². The molecule has 0 aliphatic carbocycles. The van der Waals surface area contributed by atoms with Crippen molar-refractivity contribution in [3.63, 3.8) is 0 Å². The van der Waals surface area contributed by atoms with Crippen molar-refractivity contribution in [1.82, 2.24) is 10.6 Å². The lowest BCUT2D eigenvalue weighted by atomic mass is 9.97. The summed E-state index contributed by atoms with van der Waals surface area (Å²) in [5, 5.41) is 14.5. The van der Waals surface area contributed by atoms with Gasteiger partial charge < -0.3 is 32.9 Å². The number of amides is 2. The highest BCUT2D eigenvalue weighted by atomic mass is 32.2. The molecule has 0 saturated heterocycles. The van der Waals surface area contributed by atoms with Gasteiger partial charge in [0.1, 0.15) is 12.1 Å². The van der Waals surface area contributed by atoms with E-state index in [0.29, 0.717) is 38.0 Å². The Morgan fingerprint density at radius 1 is 1.14 bits per heavy atom. The fourth-order valence-corrected chi connectivity index (χ4v) is 2.84. The zero-order chi connectivity index (χ0) is 21.7. The van der Waals surface area contributed by atoms with E-state index in [-0.39, 0.29) is 11.9 Å². The van der Waals surface area contributed by atoms with E-state index in [1.807, 2.05) is 20.1 Å². The largest absolute Gasteiger partial charge is 0.480 e. The summed E-state index contributed by atoms with van der Waals surface area (Å²) in [6.07, 6.45) is 3.65. The summed E-state index contributed by atoms with van der Waals surface area (Å²) in [4.78, 5) is 40.2. The molecular weight excluding hydrogens is 384 g/mol. The van der Waals surface area contributed by atoms with Gasteiger partial charge in [0.2, 0.25) is 11.8 Å². The van der Waals surface area contributed by atoms with Crippen molar-refractivity contribution in [3.8, 4) is 0 Å². The van der Waals surface area contributed by atoms with Crippen molar-refractivity contribution in [2.24, 2.45) is 28.1 Å². The molecule has 0 bridgehead atoms.